The summed E-state index contributed by atoms with van der Waals surface area (Å²) in [6, 6.07) is 17.6. The highest BCUT2D eigenvalue weighted by atomic mass is 35.5. The van der Waals surface area contributed by atoms with E-state index in [1.807, 2.05) is 19.1 Å². The van der Waals surface area contributed by atoms with Gasteiger partial charge in [-0.2, -0.15) is 5.10 Å². The van der Waals surface area contributed by atoms with Gasteiger partial charge in [0.15, 0.2) is 0 Å². The van der Waals surface area contributed by atoms with E-state index in [1.54, 1.807) is 36.5 Å². The smallest absolute Gasteiger partial charge is 0.343 e. The van der Waals surface area contributed by atoms with Crippen LogP contribution in [-0.4, -0.2) is 12.2 Å². The first kappa shape index (κ1) is 18.6. The quantitative estimate of drug-likeness (QED) is 0.276. The highest BCUT2D eigenvalue weighted by molar-refractivity contribution is 6.31. The Labute approximate surface area is 161 Å². The Morgan fingerprint density at radius 3 is 2.44 bits per heavy atom. The highest BCUT2D eigenvalue weighted by Crippen LogP contribution is 2.20. The molecule has 0 bridgehead atoms. The molecule has 0 fully saturated rings. The number of anilines is 1. The summed E-state index contributed by atoms with van der Waals surface area (Å²) in [6.07, 6.45) is 1.64. The first-order valence-corrected chi connectivity index (χ1v) is 8.52. The van der Waals surface area contributed by atoms with Crippen molar-refractivity contribution in [1.29, 1.82) is 0 Å². The lowest BCUT2D eigenvalue weighted by atomic mass is 10.2. The van der Waals surface area contributed by atoms with Crippen molar-refractivity contribution >= 4 is 29.5 Å². The van der Waals surface area contributed by atoms with Crippen molar-refractivity contribution in [3.8, 4) is 5.75 Å². The maximum atomic E-state index is 12.9. The van der Waals surface area contributed by atoms with Gasteiger partial charge in [-0.25, -0.2) is 9.18 Å². The minimum atomic E-state index is -0.547. The van der Waals surface area contributed by atoms with Crippen LogP contribution in [0.1, 0.15) is 21.5 Å². The third-order valence-electron chi connectivity index (χ3n) is 3.75. The van der Waals surface area contributed by atoms with Crippen molar-refractivity contribution in [2.75, 3.05) is 5.43 Å². The number of rotatable bonds is 5. The fourth-order valence-corrected chi connectivity index (χ4v) is 2.40. The fraction of sp³-hybridized carbons (Fsp3) is 0.0476. The van der Waals surface area contributed by atoms with Gasteiger partial charge in [-0.3, -0.25) is 5.43 Å². The molecule has 0 saturated carbocycles. The van der Waals surface area contributed by atoms with E-state index in [9.17, 15) is 9.18 Å². The van der Waals surface area contributed by atoms with Crippen LogP contribution < -0.4 is 10.2 Å². The lowest BCUT2D eigenvalue weighted by Crippen LogP contribution is -2.08. The van der Waals surface area contributed by atoms with Crippen LogP contribution in [-0.2, 0) is 0 Å². The number of esters is 1. The maximum Gasteiger partial charge on any atom is 0.343 e. The number of carbonyl (C=O) groups excluding carboxylic acids is 1. The summed E-state index contributed by atoms with van der Waals surface area (Å²) in [5.41, 5.74) is 5.79. The molecule has 27 heavy (non-hydrogen) atoms. The Balaban J connectivity index is 1.58. The van der Waals surface area contributed by atoms with Gasteiger partial charge in [0.1, 0.15) is 11.6 Å². The molecule has 0 unspecified atom stereocenters. The molecule has 0 aliphatic carbocycles. The standard InChI is InChI=1S/C21H16ClFN2O2/c1-14-2-9-18(12-20(14)22)25-24-13-15-3-10-19(11-4-15)27-21(26)16-5-7-17(23)8-6-16/h2-13,25H,1H3/b24-13+. The molecule has 0 atom stereocenters. The number of nitrogens with zero attached hydrogens (tertiary/aromatic N) is 1. The van der Waals surface area contributed by atoms with E-state index in [-0.39, 0.29) is 5.56 Å². The van der Waals surface area contributed by atoms with Crippen LogP contribution in [0.2, 0.25) is 5.02 Å². The third kappa shape index (κ3) is 5.15. The van der Waals surface area contributed by atoms with Crippen molar-refractivity contribution in [1.82, 2.24) is 0 Å². The van der Waals surface area contributed by atoms with Gasteiger partial charge in [-0.1, -0.05) is 17.7 Å². The molecular formula is C21H16ClFN2O2. The summed E-state index contributed by atoms with van der Waals surface area (Å²) in [4.78, 5) is 12.0. The Morgan fingerprint density at radius 2 is 1.78 bits per heavy atom. The molecule has 136 valence electrons. The van der Waals surface area contributed by atoms with E-state index in [0.29, 0.717) is 10.8 Å². The summed E-state index contributed by atoms with van der Waals surface area (Å²) < 4.78 is 18.2. The molecule has 4 nitrogen and oxygen atoms in total. The van der Waals surface area contributed by atoms with Crippen LogP contribution in [0.15, 0.2) is 71.8 Å². The van der Waals surface area contributed by atoms with E-state index >= 15 is 0 Å². The minimum Gasteiger partial charge on any atom is -0.423 e. The summed E-state index contributed by atoms with van der Waals surface area (Å²) in [6.45, 7) is 1.93. The van der Waals surface area contributed by atoms with E-state index in [2.05, 4.69) is 10.5 Å². The second kappa shape index (κ2) is 8.47. The van der Waals surface area contributed by atoms with Crippen molar-refractivity contribution in [2.45, 2.75) is 6.92 Å². The van der Waals surface area contributed by atoms with Crippen LogP contribution in [0.3, 0.4) is 0 Å². The van der Waals surface area contributed by atoms with E-state index in [4.69, 9.17) is 16.3 Å². The van der Waals surface area contributed by atoms with Gasteiger partial charge in [0, 0.05) is 5.02 Å². The van der Waals surface area contributed by atoms with E-state index in [0.717, 1.165) is 16.8 Å². The Hall–Kier alpha value is -3.18. The second-order valence-electron chi connectivity index (χ2n) is 5.80. The molecule has 0 aliphatic heterocycles. The van der Waals surface area contributed by atoms with Gasteiger partial charge < -0.3 is 4.74 Å². The van der Waals surface area contributed by atoms with Gasteiger partial charge in [0.2, 0.25) is 0 Å². The molecule has 0 spiro atoms. The largest absolute Gasteiger partial charge is 0.423 e. The molecule has 0 radical (unpaired) electrons. The number of carbonyl (C=O) groups is 1. The maximum absolute atomic E-state index is 12.9. The number of benzene rings is 3. The molecule has 6 heteroatoms. The lowest BCUT2D eigenvalue weighted by Gasteiger charge is -2.05. The average molecular weight is 383 g/mol. The fourth-order valence-electron chi connectivity index (χ4n) is 2.22. The zero-order valence-corrected chi connectivity index (χ0v) is 15.2. The number of hydrogen-bond donors (Lipinski definition) is 1. The molecule has 0 heterocycles. The van der Waals surface area contributed by atoms with E-state index < -0.39 is 11.8 Å². The van der Waals surface area contributed by atoms with Crippen molar-refractivity contribution < 1.29 is 13.9 Å². The average Bonchev–Trinajstić information content (AvgIpc) is 2.66. The molecule has 0 aliphatic rings. The summed E-state index contributed by atoms with van der Waals surface area (Å²) in [5.74, 6) is -0.564. The number of hydrazone groups is 1. The zero-order valence-electron chi connectivity index (χ0n) is 14.4. The molecule has 0 aromatic heterocycles. The predicted molar refractivity (Wildman–Crippen MR) is 105 cm³/mol. The summed E-state index contributed by atoms with van der Waals surface area (Å²) in [5, 5.41) is 4.82. The zero-order chi connectivity index (χ0) is 19.2. The highest BCUT2D eigenvalue weighted by Gasteiger charge is 2.08. The van der Waals surface area contributed by atoms with Gasteiger partial charge >= 0.3 is 5.97 Å². The van der Waals surface area contributed by atoms with Gasteiger partial charge in [-0.15, -0.1) is 0 Å². The van der Waals surface area contributed by atoms with Crippen molar-refractivity contribution in [2.24, 2.45) is 5.10 Å². The van der Waals surface area contributed by atoms with Gasteiger partial charge in [0.05, 0.1) is 17.5 Å². The number of hydrogen-bond acceptors (Lipinski definition) is 4. The number of halogens is 2. The summed E-state index contributed by atoms with van der Waals surface area (Å²) >= 11 is 6.07. The topological polar surface area (TPSA) is 50.7 Å². The SMILES string of the molecule is Cc1ccc(N/N=C/c2ccc(OC(=O)c3ccc(F)cc3)cc2)cc1Cl. The summed E-state index contributed by atoms with van der Waals surface area (Å²) in [7, 11) is 0. The molecule has 1 N–H and O–H groups in total. The normalized spacial score (nSPS) is 10.8. The van der Waals surface area contributed by atoms with Crippen LogP contribution in [0, 0.1) is 12.7 Å². The van der Waals surface area contributed by atoms with Gasteiger partial charge in [-0.05, 0) is 78.7 Å². The van der Waals surface area contributed by atoms with Crippen molar-refractivity contribution in [3.63, 3.8) is 0 Å². The minimum absolute atomic E-state index is 0.281. The lowest BCUT2D eigenvalue weighted by molar-refractivity contribution is 0.0734. The monoisotopic (exact) mass is 382 g/mol. The van der Waals surface area contributed by atoms with Gasteiger partial charge in [0.25, 0.3) is 0 Å². The van der Waals surface area contributed by atoms with Crippen LogP contribution in [0.4, 0.5) is 10.1 Å². The first-order valence-electron chi connectivity index (χ1n) is 8.14. The molecule has 0 amide bonds. The second-order valence-corrected chi connectivity index (χ2v) is 6.21. The van der Waals surface area contributed by atoms with Crippen LogP contribution in [0.25, 0.3) is 0 Å². The molecule has 3 aromatic rings. The molecule has 3 rings (SSSR count). The van der Waals surface area contributed by atoms with Crippen LogP contribution in [0.5, 0.6) is 5.75 Å². The Bertz CT molecular complexity index is 970. The first-order chi connectivity index (χ1) is 13.0. The number of aryl methyl sites for hydroxylation is 1. The molecule has 3 aromatic carbocycles. The number of ether oxygens (including phenoxy) is 1. The molecular weight excluding hydrogens is 367 g/mol. The van der Waals surface area contributed by atoms with Crippen molar-refractivity contribution in [3.05, 3.63) is 94.3 Å². The Kier molecular flexibility index (Phi) is 5.84. The molecule has 0 saturated heterocycles. The Morgan fingerprint density at radius 1 is 1.07 bits per heavy atom. The number of nitrogens with one attached hydrogen (secondary N) is 1. The van der Waals surface area contributed by atoms with E-state index in [1.165, 1.54) is 24.3 Å². The predicted octanol–water partition coefficient (Wildman–Crippen LogP) is 5.45. The van der Waals surface area contributed by atoms with Crippen LogP contribution >= 0.6 is 11.6 Å². The third-order valence-corrected chi connectivity index (χ3v) is 4.16.